The number of ether oxygens (including phenoxy) is 1. The van der Waals surface area contributed by atoms with Crippen molar-refractivity contribution in [3.05, 3.63) is 27.1 Å². The van der Waals surface area contributed by atoms with E-state index in [4.69, 9.17) is 4.74 Å². The molecule has 0 saturated heterocycles. The molecule has 0 radical (unpaired) electrons. The lowest BCUT2D eigenvalue weighted by atomic mass is 10.3. The van der Waals surface area contributed by atoms with Gasteiger partial charge >= 0.3 is 0 Å². The molecule has 13 heavy (non-hydrogen) atoms. The van der Waals surface area contributed by atoms with Gasteiger partial charge in [-0.2, -0.15) is 0 Å². The average Bonchev–Trinajstić information content (AvgIpc) is 2.09. The first-order chi connectivity index (χ1) is 6.24. The van der Waals surface area contributed by atoms with E-state index in [2.05, 4.69) is 31.9 Å². The van der Waals surface area contributed by atoms with Crippen LogP contribution < -0.4 is 4.74 Å². The van der Waals surface area contributed by atoms with Crippen molar-refractivity contribution in [3.63, 3.8) is 0 Å². The molecule has 0 aliphatic carbocycles. The predicted molar refractivity (Wildman–Crippen MR) is 58.0 cm³/mol. The summed E-state index contributed by atoms with van der Waals surface area (Å²) in [6, 6.07) is 5.64. The first-order valence-corrected chi connectivity index (χ1v) is 5.34. The van der Waals surface area contributed by atoms with E-state index < -0.39 is 0 Å². The number of carbonyl (C=O) groups is 1. The Kier molecular flexibility index (Phi) is 4.45. The van der Waals surface area contributed by atoms with E-state index in [-0.39, 0.29) is 0 Å². The van der Waals surface area contributed by atoms with Crippen molar-refractivity contribution in [3.8, 4) is 5.75 Å². The Hall–Kier alpha value is -0.350. The SMILES string of the molecule is O=CCCOc1ccc(Br)cc1Br. The molecule has 0 unspecified atom stereocenters. The number of aldehydes is 1. The Labute approximate surface area is 93.5 Å². The Morgan fingerprint density at radius 3 is 2.77 bits per heavy atom. The van der Waals surface area contributed by atoms with Crippen LogP contribution in [0.4, 0.5) is 0 Å². The molecule has 1 aromatic rings. The van der Waals surface area contributed by atoms with Crippen LogP contribution in [-0.2, 0) is 4.79 Å². The molecule has 4 heteroatoms. The topological polar surface area (TPSA) is 26.3 Å². The van der Waals surface area contributed by atoms with Gasteiger partial charge in [0.15, 0.2) is 0 Å². The minimum absolute atomic E-state index is 0.419. The maximum Gasteiger partial charge on any atom is 0.133 e. The van der Waals surface area contributed by atoms with Gasteiger partial charge in [0.25, 0.3) is 0 Å². The highest BCUT2D eigenvalue weighted by Crippen LogP contribution is 2.28. The second kappa shape index (κ2) is 5.40. The zero-order valence-electron chi connectivity index (χ0n) is 6.80. The van der Waals surface area contributed by atoms with Gasteiger partial charge in [-0.15, -0.1) is 0 Å². The molecule has 0 aliphatic heterocycles. The van der Waals surface area contributed by atoms with Crippen LogP contribution in [0.15, 0.2) is 27.1 Å². The third-order valence-corrected chi connectivity index (χ3v) is 2.50. The van der Waals surface area contributed by atoms with Crippen LogP contribution >= 0.6 is 31.9 Å². The van der Waals surface area contributed by atoms with Crippen LogP contribution in [0.5, 0.6) is 5.75 Å². The van der Waals surface area contributed by atoms with Gasteiger partial charge in [-0.1, -0.05) is 15.9 Å². The van der Waals surface area contributed by atoms with Crippen LogP contribution in [-0.4, -0.2) is 12.9 Å². The number of benzene rings is 1. The van der Waals surface area contributed by atoms with Gasteiger partial charge in [0, 0.05) is 10.9 Å². The van der Waals surface area contributed by atoms with E-state index in [0.29, 0.717) is 13.0 Å². The van der Waals surface area contributed by atoms with Gasteiger partial charge in [0.1, 0.15) is 12.0 Å². The van der Waals surface area contributed by atoms with E-state index >= 15 is 0 Å². The molecule has 2 nitrogen and oxygen atoms in total. The van der Waals surface area contributed by atoms with E-state index in [1.165, 1.54) is 0 Å². The summed E-state index contributed by atoms with van der Waals surface area (Å²) in [4.78, 5) is 10.0. The summed E-state index contributed by atoms with van der Waals surface area (Å²) >= 11 is 6.69. The predicted octanol–water partition coefficient (Wildman–Crippen LogP) is 3.18. The molecular weight excluding hydrogens is 300 g/mol. The zero-order chi connectivity index (χ0) is 9.68. The largest absolute Gasteiger partial charge is 0.492 e. The summed E-state index contributed by atoms with van der Waals surface area (Å²) in [7, 11) is 0. The van der Waals surface area contributed by atoms with Gasteiger partial charge < -0.3 is 9.53 Å². The summed E-state index contributed by atoms with van der Waals surface area (Å²) < 4.78 is 7.20. The summed E-state index contributed by atoms with van der Waals surface area (Å²) in [5.41, 5.74) is 0. The average molecular weight is 308 g/mol. The van der Waals surface area contributed by atoms with Crippen molar-refractivity contribution in [1.82, 2.24) is 0 Å². The van der Waals surface area contributed by atoms with Gasteiger partial charge in [-0.25, -0.2) is 0 Å². The lowest BCUT2D eigenvalue weighted by Gasteiger charge is -2.06. The molecule has 0 atom stereocenters. The molecule has 0 amide bonds. The van der Waals surface area contributed by atoms with Crippen molar-refractivity contribution < 1.29 is 9.53 Å². The van der Waals surface area contributed by atoms with Crippen molar-refractivity contribution >= 4 is 38.1 Å². The molecule has 0 aliphatic rings. The highest BCUT2D eigenvalue weighted by molar-refractivity contribution is 9.11. The monoisotopic (exact) mass is 306 g/mol. The molecule has 0 heterocycles. The van der Waals surface area contributed by atoms with Crippen LogP contribution in [0.1, 0.15) is 6.42 Å². The Balaban J connectivity index is 2.61. The van der Waals surface area contributed by atoms with Crippen LogP contribution in [0.3, 0.4) is 0 Å². The second-order valence-electron chi connectivity index (χ2n) is 2.38. The number of rotatable bonds is 4. The molecule has 0 saturated carbocycles. The summed E-state index contributed by atoms with van der Waals surface area (Å²) in [6.07, 6.45) is 1.26. The van der Waals surface area contributed by atoms with Crippen molar-refractivity contribution in [2.75, 3.05) is 6.61 Å². The van der Waals surface area contributed by atoms with Crippen molar-refractivity contribution in [2.45, 2.75) is 6.42 Å². The summed E-state index contributed by atoms with van der Waals surface area (Å²) in [5.74, 6) is 0.755. The van der Waals surface area contributed by atoms with Crippen LogP contribution in [0.2, 0.25) is 0 Å². The minimum Gasteiger partial charge on any atom is -0.492 e. The summed E-state index contributed by atoms with van der Waals surface area (Å²) in [6.45, 7) is 0.420. The van der Waals surface area contributed by atoms with Crippen LogP contribution in [0.25, 0.3) is 0 Å². The number of halogens is 2. The van der Waals surface area contributed by atoms with Gasteiger partial charge in [-0.3, -0.25) is 0 Å². The van der Waals surface area contributed by atoms with Gasteiger partial charge in [-0.05, 0) is 34.1 Å². The maximum absolute atomic E-state index is 10.0. The van der Waals surface area contributed by atoms with Crippen molar-refractivity contribution in [2.24, 2.45) is 0 Å². The minimum atomic E-state index is 0.419. The van der Waals surface area contributed by atoms with Crippen LogP contribution in [0, 0.1) is 0 Å². The molecule has 0 N–H and O–H groups in total. The molecule has 0 aromatic heterocycles. The van der Waals surface area contributed by atoms with Crippen molar-refractivity contribution in [1.29, 1.82) is 0 Å². The lowest BCUT2D eigenvalue weighted by molar-refractivity contribution is -0.108. The molecule has 1 rings (SSSR count). The van der Waals surface area contributed by atoms with E-state index in [1.807, 2.05) is 18.2 Å². The van der Waals surface area contributed by atoms with E-state index in [1.54, 1.807) is 0 Å². The molecule has 70 valence electrons. The number of hydrogen-bond donors (Lipinski definition) is 0. The van der Waals surface area contributed by atoms with Gasteiger partial charge in [0.2, 0.25) is 0 Å². The molecule has 0 fully saturated rings. The maximum atomic E-state index is 10.0. The first-order valence-electron chi connectivity index (χ1n) is 3.75. The Morgan fingerprint density at radius 2 is 2.15 bits per heavy atom. The quantitative estimate of drug-likeness (QED) is 0.631. The second-order valence-corrected chi connectivity index (χ2v) is 4.15. The summed E-state index contributed by atoms with van der Waals surface area (Å²) in [5, 5.41) is 0. The fourth-order valence-electron chi connectivity index (χ4n) is 0.809. The highest BCUT2D eigenvalue weighted by atomic mass is 79.9. The lowest BCUT2D eigenvalue weighted by Crippen LogP contribution is -1.97. The number of hydrogen-bond acceptors (Lipinski definition) is 2. The molecule has 1 aromatic carbocycles. The Bertz CT molecular complexity index is 300. The third-order valence-electron chi connectivity index (χ3n) is 1.39. The smallest absolute Gasteiger partial charge is 0.133 e. The zero-order valence-corrected chi connectivity index (χ0v) is 9.97. The molecule has 0 spiro atoms. The molecular formula is C9H8Br2O2. The third kappa shape index (κ3) is 3.48. The van der Waals surface area contributed by atoms with E-state index in [9.17, 15) is 4.79 Å². The fraction of sp³-hybridized carbons (Fsp3) is 0.222. The normalized spacial score (nSPS) is 9.69. The van der Waals surface area contributed by atoms with Gasteiger partial charge in [0.05, 0.1) is 11.1 Å². The first kappa shape index (κ1) is 10.7. The molecule has 0 bridgehead atoms. The Morgan fingerprint density at radius 1 is 1.38 bits per heavy atom. The number of carbonyl (C=O) groups excluding carboxylic acids is 1. The fourth-order valence-corrected chi connectivity index (χ4v) is 1.97. The van der Waals surface area contributed by atoms with E-state index in [0.717, 1.165) is 21.0 Å². The standard InChI is InChI=1S/C9H8Br2O2/c10-7-2-3-9(8(11)6-7)13-5-1-4-12/h2-4,6H,1,5H2. The highest BCUT2D eigenvalue weighted by Gasteiger charge is 2.00.